The van der Waals surface area contributed by atoms with E-state index in [1.807, 2.05) is 18.7 Å². The number of aromatic nitrogens is 3. The molecule has 6 nitrogen and oxygen atoms in total. The number of halogens is 2. The van der Waals surface area contributed by atoms with Gasteiger partial charge in [-0.1, -0.05) is 0 Å². The molecule has 3 N–H and O–H groups in total. The Hall–Kier alpha value is -1.96. The van der Waals surface area contributed by atoms with Crippen LogP contribution < -0.4 is 16.0 Å². The van der Waals surface area contributed by atoms with Crippen LogP contribution in [-0.2, 0) is 0 Å². The summed E-state index contributed by atoms with van der Waals surface area (Å²) in [5, 5.41) is 2.99. The zero-order valence-electron chi connectivity index (χ0n) is 11.8. The molecule has 112 valence electrons. The largest absolute Gasteiger partial charge is 0.368 e. The first-order chi connectivity index (χ1) is 10.0. The number of rotatable bonds is 5. The number of hydrogen-bond donors (Lipinski definition) is 2. The van der Waals surface area contributed by atoms with Gasteiger partial charge in [-0.15, -0.1) is 0 Å². The molecular formula is C13H16BrFN6. The van der Waals surface area contributed by atoms with Crippen molar-refractivity contribution in [2.75, 3.05) is 29.0 Å². The van der Waals surface area contributed by atoms with Crippen LogP contribution in [-0.4, -0.2) is 28.0 Å². The molecule has 0 unspecified atom stereocenters. The van der Waals surface area contributed by atoms with E-state index in [0.29, 0.717) is 22.1 Å². The zero-order chi connectivity index (χ0) is 15.4. The van der Waals surface area contributed by atoms with Gasteiger partial charge in [0, 0.05) is 18.8 Å². The van der Waals surface area contributed by atoms with E-state index in [0.717, 1.165) is 13.1 Å². The van der Waals surface area contributed by atoms with Gasteiger partial charge < -0.3 is 16.0 Å². The van der Waals surface area contributed by atoms with E-state index in [1.165, 1.54) is 6.07 Å². The van der Waals surface area contributed by atoms with E-state index in [2.05, 4.69) is 36.2 Å². The Morgan fingerprint density at radius 3 is 2.57 bits per heavy atom. The van der Waals surface area contributed by atoms with Crippen molar-refractivity contribution >= 4 is 39.5 Å². The van der Waals surface area contributed by atoms with Crippen molar-refractivity contribution in [2.45, 2.75) is 13.8 Å². The summed E-state index contributed by atoms with van der Waals surface area (Å²) in [6.07, 6.45) is 0. The number of nitrogens with two attached hydrogens (primary N) is 1. The molecule has 0 aliphatic carbocycles. The Labute approximate surface area is 130 Å². The van der Waals surface area contributed by atoms with Crippen molar-refractivity contribution in [1.82, 2.24) is 15.0 Å². The summed E-state index contributed by atoms with van der Waals surface area (Å²) in [5.74, 6) is 0.634. The molecule has 21 heavy (non-hydrogen) atoms. The molecule has 0 aliphatic rings. The maximum Gasteiger partial charge on any atom is 0.233 e. The fourth-order valence-corrected chi connectivity index (χ4v) is 2.17. The van der Waals surface area contributed by atoms with Gasteiger partial charge in [-0.25, -0.2) is 4.39 Å². The van der Waals surface area contributed by atoms with Crippen molar-refractivity contribution in [1.29, 1.82) is 0 Å². The third kappa shape index (κ3) is 3.78. The van der Waals surface area contributed by atoms with E-state index in [1.54, 1.807) is 12.1 Å². The van der Waals surface area contributed by atoms with Crippen molar-refractivity contribution < 1.29 is 4.39 Å². The van der Waals surface area contributed by atoms with E-state index < -0.39 is 0 Å². The number of hydrogen-bond acceptors (Lipinski definition) is 6. The van der Waals surface area contributed by atoms with Crippen LogP contribution in [0.25, 0.3) is 0 Å². The van der Waals surface area contributed by atoms with Crippen LogP contribution in [0.4, 0.5) is 27.9 Å². The lowest BCUT2D eigenvalue weighted by Crippen LogP contribution is -2.25. The highest BCUT2D eigenvalue weighted by atomic mass is 79.9. The third-order valence-electron chi connectivity index (χ3n) is 2.86. The number of nitrogens with zero attached hydrogens (tertiary/aromatic N) is 4. The first-order valence-electron chi connectivity index (χ1n) is 6.52. The first kappa shape index (κ1) is 15.4. The van der Waals surface area contributed by atoms with Crippen LogP contribution in [0.3, 0.4) is 0 Å². The van der Waals surface area contributed by atoms with E-state index in [-0.39, 0.29) is 11.8 Å². The summed E-state index contributed by atoms with van der Waals surface area (Å²) in [5.41, 5.74) is 6.37. The fraction of sp³-hybridized carbons (Fsp3) is 0.308. The number of benzene rings is 1. The highest BCUT2D eigenvalue weighted by molar-refractivity contribution is 9.10. The Bertz CT molecular complexity index is 632. The zero-order valence-corrected chi connectivity index (χ0v) is 13.4. The van der Waals surface area contributed by atoms with Crippen LogP contribution >= 0.6 is 15.9 Å². The molecule has 0 aliphatic heterocycles. The van der Waals surface area contributed by atoms with Crippen molar-refractivity contribution in [3.63, 3.8) is 0 Å². The average Bonchev–Trinajstić information content (AvgIpc) is 2.44. The second-order valence-corrected chi connectivity index (χ2v) is 5.10. The van der Waals surface area contributed by atoms with Crippen molar-refractivity contribution in [3.05, 3.63) is 28.5 Å². The van der Waals surface area contributed by atoms with Crippen molar-refractivity contribution in [2.24, 2.45) is 0 Å². The summed E-state index contributed by atoms with van der Waals surface area (Å²) < 4.78 is 13.6. The van der Waals surface area contributed by atoms with Gasteiger partial charge in [0.15, 0.2) is 0 Å². The lowest BCUT2D eigenvalue weighted by molar-refractivity contribution is 0.621. The summed E-state index contributed by atoms with van der Waals surface area (Å²) in [6.45, 7) is 5.55. The standard InChI is InChI=1S/C13H16BrFN6/c1-3-21(4-2)13-19-11(16)18-12(20-13)17-8-5-6-10(15)9(14)7-8/h5-7H,3-4H2,1-2H3,(H3,16,17,18,19,20). The second kappa shape index (κ2) is 6.66. The molecule has 0 saturated heterocycles. The van der Waals surface area contributed by atoms with Gasteiger partial charge >= 0.3 is 0 Å². The second-order valence-electron chi connectivity index (χ2n) is 4.24. The van der Waals surface area contributed by atoms with Gasteiger partial charge in [0.05, 0.1) is 4.47 Å². The highest BCUT2D eigenvalue weighted by Gasteiger charge is 2.10. The van der Waals surface area contributed by atoms with E-state index in [9.17, 15) is 4.39 Å². The number of nitrogens with one attached hydrogen (secondary N) is 1. The van der Waals surface area contributed by atoms with Gasteiger partial charge in [-0.05, 0) is 48.0 Å². The lowest BCUT2D eigenvalue weighted by Gasteiger charge is -2.19. The van der Waals surface area contributed by atoms with Crippen LogP contribution in [0.1, 0.15) is 13.8 Å². The molecule has 1 aromatic carbocycles. The van der Waals surface area contributed by atoms with E-state index >= 15 is 0 Å². The summed E-state index contributed by atoms with van der Waals surface area (Å²) in [6, 6.07) is 4.55. The minimum atomic E-state index is -0.334. The molecule has 0 spiro atoms. The monoisotopic (exact) mass is 354 g/mol. The molecule has 0 atom stereocenters. The van der Waals surface area contributed by atoms with Crippen LogP contribution in [0.15, 0.2) is 22.7 Å². The Morgan fingerprint density at radius 2 is 1.95 bits per heavy atom. The summed E-state index contributed by atoms with van der Waals surface area (Å²) in [4.78, 5) is 14.5. The average molecular weight is 355 g/mol. The number of anilines is 4. The normalized spacial score (nSPS) is 10.5. The van der Waals surface area contributed by atoms with Gasteiger partial charge in [-0.2, -0.15) is 15.0 Å². The molecule has 2 aromatic rings. The minimum absolute atomic E-state index is 0.135. The first-order valence-corrected chi connectivity index (χ1v) is 7.31. The van der Waals surface area contributed by atoms with Gasteiger partial charge in [0.2, 0.25) is 17.8 Å². The quantitative estimate of drug-likeness (QED) is 0.859. The molecule has 0 bridgehead atoms. The molecule has 8 heteroatoms. The van der Waals surface area contributed by atoms with Crippen LogP contribution in [0.2, 0.25) is 0 Å². The molecule has 1 aromatic heterocycles. The molecule has 0 radical (unpaired) electrons. The Morgan fingerprint density at radius 1 is 1.24 bits per heavy atom. The maximum atomic E-state index is 13.2. The topological polar surface area (TPSA) is 80.0 Å². The van der Waals surface area contributed by atoms with Crippen LogP contribution in [0.5, 0.6) is 0 Å². The predicted molar refractivity (Wildman–Crippen MR) is 85.2 cm³/mol. The van der Waals surface area contributed by atoms with E-state index in [4.69, 9.17) is 5.73 Å². The molecular weight excluding hydrogens is 339 g/mol. The minimum Gasteiger partial charge on any atom is -0.368 e. The van der Waals surface area contributed by atoms with Crippen molar-refractivity contribution in [3.8, 4) is 0 Å². The molecule has 0 fully saturated rings. The molecule has 0 saturated carbocycles. The summed E-state index contributed by atoms with van der Waals surface area (Å²) >= 11 is 3.13. The lowest BCUT2D eigenvalue weighted by atomic mass is 10.3. The Balaban J connectivity index is 2.29. The molecule has 2 rings (SSSR count). The molecule has 0 amide bonds. The maximum absolute atomic E-state index is 13.2. The number of nitrogen functional groups attached to an aromatic ring is 1. The Kier molecular flexibility index (Phi) is 4.89. The SMILES string of the molecule is CCN(CC)c1nc(N)nc(Nc2ccc(F)c(Br)c2)n1. The van der Waals surface area contributed by atoms with Crippen LogP contribution in [0, 0.1) is 5.82 Å². The third-order valence-corrected chi connectivity index (χ3v) is 3.47. The van der Waals surface area contributed by atoms with Gasteiger partial charge in [0.1, 0.15) is 5.82 Å². The highest BCUT2D eigenvalue weighted by Crippen LogP contribution is 2.22. The predicted octanol–water partition coefficient (Wildman–Crippen LogP) is 2.95. The smallest absolute Gasteiger partial charge is 0.233 e. The fourth-order valence-electron chi connectivity index (χ4n) is 1.79. The van der Waals surface area contributed by atoms with Gasteiger partial charge in [0.25, 0.3) is 0 Å². The summed E-state index contributed by atoms with van der Waals surface area (Å²) in [7, 11) is 0. The van der Waals surface area contributed by atoms with Gasteiger partial charge in [-0.3, -0.25) is 0 Å². The molecule has 1 heterocycles.